The van der Waals surface area contributed by atoms with Crippen LogP contribution in [0.25, 0.3) is 0 Å². The van der Waals surface area contributed by atoms with Crippen LogP contribution in [0.1, 0.15) is 61.3 Å². The quantitative estimate of drug-likeness (QED) is 0.737. The van der Waals surface area contributed by atoms with Gasteiger partial charge in [0.05, 0.1) is 0 Å². The van der Waals surface area contributed by atoms with E-state index in [1.54, 1.807) is 4.68 Å². The molecule has 0 saturated carbocycles. The van der Waals surface area contributed by atoms with Crippen molar-refractivity contribution in [2.24, 2.45) is 12.5 Å². The van der Waals surface area contributed by atoms with Crippen molar-refractivity contribution in [3.05, 3.63) is 35.2 Å². The molecule has 1 saturated heterocycles. The van der Waals surface area contributed by atoms with Crippen LogP contribution in [0.4, 0.5) is 11.6 Å². The number of nitrogens with one attached hydrogen (secondary N) is 3. The Kier molecular flexibility index (Phi) is 6.03. The molecule has 7 heteroatoms. The topological polar surface area (TPSA) is 83.9 Å². The minimum atomic E-state index is -0.163. The van der Waals surface area contributed by atoms with Crippen LogP contribution in [0, 0.1) is 12.3 Å². The molecule has 2 heterocycles. The van der Waals surface area contributed by atoms with Crippen LogP contribution in [0.15, 0.2) is 18.2 Å². The Morgan fingerprint density at radius 3 is 2.68 bits per heavy atom. The van der Waals surface area contributed by atoms with Crippen LogP contribution >= 0.6 is 0 Å². The Hall–Kier alpha value is -2.41. The average Bonchev–Trinajstić information content (AvgIpc) is 3.01. The number of aromatic nitrogens is 3. The third kappa shape index (κ3) is 4.90. The van der Waals surface area contributed by atoms with E-state index in [9.17, 15) is 4.79 Å². The highest BCUT2D eigenvalue weighted by Gasteiger charge is 2.22. The summed E-state index contributed by atoms with van der Waals surface area (Å²) < 4.78 is 1.66. The van der Waals surface area contributed by atoms with E-state index in [0.29, 0.717) is 17.4 Å². The Labute approximate surface area is 167 Å². The molecule has 1 aromatic carbocycles. The van der Waals surface area contributed by atoms with Gasteiger partial charge in [0.1, 0.15) is 0 Å². The summed E-state index contributed by atoms with van der Waals surface area (Å²) in [6.45, 7) is 11.3. The van der Waals surface area contributed by atoms with Crippen molar-refractivity contribution in [2.45, 2.75) is 46.5 Å². The lowest BCUT2D eigenvalue weighted by atomic mass is 9.96. The number of hydrogen-bond acceptors (Lipinski definition) is 5. The Morgan fingerprint density at radius 1 is 1.29 bits per heavy atom. The Morgan fingerprint density at radius 2 is 2.00 bits per heavy atom. The van der Waals surface area contributed by atoms with E-state index < -0.39 is 0 Å². The minimum absolute atomic E-state index is 0.161. The summed E-state index contributed by atoms with van der Waals surface area (Å²) in [7, 11) is 1.82. The summed E-state index contributed by atoms with van der Waals surface area (Å²) >= 11 is 0. The van der Waals surface area contributed by atoms with Crippen LogP contribution in [-0.4, -0.2) is 40.3 Å². The molecular formula is C21H32N6O. The van der Waals surface area contributed by atoms with Crippen LogP contribution in [-0.2, 0) is 7.05 Å². The van der Waals surface area contributed by atoms with E-state index in [0.717, 1.165) is 49.6 Å². The average molecular weight is 385 g/mol. The van der Waals surface area contributed by atoms with E-state index in [1.165, 1.54) is 0 Å². The molecule has 7 nitrogen and oxygen atoms in total. The molecular weight excluding hydrogens is 352 g/mol. The zero-order chi connectivity index (χ0) is 20.3. The normalized spacial score (nSPS) is 15.5. The van der Waals surface area contributed by atoms with E-state index in [1.807, 2.05) is 32.2 Å². The van der Waals surface area contributed by atoms with Gasteiger partial charge in [-0.05, 0) is 56.0 Å². The van der Waals surface area contributed by atoms with Gasteiger partial charge < -0.3 is 10.6 Å². The van der Waals surface area contributed by atoms with Crippen molar-refractivity contribution in [1.82, 2.24) is 20.1 Å². The summed E-state index contributed by atoms with van der Waals surface area (Å²) in [5.74, 6) is 1.50. The zero-order valence-electron chi connectivity index (χ0n) is 17.6. The molecule has 1 fully saturated rings. The highest BCUT2D eigenvalue weighted by Crippen LogP contribution is 2.25. The van der Waals surface area contributed by atoms with Gasteiger partial charge in [-0.1, -0.05) is 26.8 Å². The molecule has 2 aromatic rings. The summed E-state index contributed by atoms with van der Waals surface area (Å²) in [6.07, 6.45) is 2.05. The van der Waals surface area contributed by atoms with Crippen molar-refractivity contribution in [1.29, 1.82) is 0 Å². The predicted molar refractivity (Wildman–Crippen MR) is 113 cm³/mol. The van der Waals surface area contributed by atoms with E-state index in [-0.39, 0.29) is 11.3 Å². The molecule has 28 heavy (non-hydrogen) atoms. The number of anilines is 2. The third-order valence-electron chi connectivity index (χ3n) is 5.10. The Bertz CT molecular complexity index is 830. The number of benzene rings is 1. The van der Waals surface area contributed by atoms with Crippen LogP contribution in [0.2, 0.25) is 0 Å². The summed E-state index contributed by atoms with van der Waals surface area (Å²) in [4.78, 5) is 17.5. The molecule has 1 aromatic heterocycles. The first-order valence-electron chi connectivity index (χ1n) is 10.0. The third-order valence-corrected chi connectivity index (χ3v) is 5.10. The lowest BCUT2D eigenvalue weighted by Crippen LogP contribution is -2.27. The Balaban J connectivity index is 1.73. The number of aryl methyl sites for hydroxylation is 1. The van der Waals surface area contributed by atoms with Gasteiger partial charge in [-0.2, -0.15) is 10.1 Å². The highest BCUT2D eigenvalue weighted by molar-refractivity contribution is 6.05. The van der Waals surface area contributed by atoms with Crippen molar-refractivity contribution >= 4 is 17.5 Å². The van der Waals surface area contributed by atoms with Gasteiger partial charge in [0.25, 0.3) is 5.91 Å². The molecule has 3 N–H and O–H groups in total. The summed E-state index contributed by atoms with van der Waals surface area (Å²) in [6, 6.07) is 5.76. The fourth-order valence-corrected chi connectivity index (χ4v) is 3.37. The number of hydrogen-bond donors (Lipinski definition) is 3. The predicted octanol–water partition coefficient (Wildman–Crippen LogP) is 3.30. The molecule has 3 rings (SSSR count). The smallest absolute Gasteiger partial charge is 0.258 e. The van der Waals surface area contributed by atoms with Gasteiger partial charge in [0.2, 0.25) is 5.95 Å². The first kappa shape index (κ1) is 20.3. The maximum Gasteiger partial charge on any atom is 0.258 e. The van der Waals surface area contributed by atoms with Crippen molar-refractivity contribution in [2.75, 3.05) is 30.3 Å². The molecule has 1 aliphatic rings. The summed E-state index contributed by atoms with van der Waals surface area (Å²) in [5, 5.41) is 14.3. The lowest BCUT2D eigenvalue weighted by molar-refractivity contribution is 0.102. The van der Waals surface area contributed by atoms with Crippen molar-refractivity contribution in [3.63, 3.8) is 0 Å². The number of piperidine rings is 1. The van der Waals surface area contributed by atoms with Gasteiger partial charge in [-0.3, -0.25) is 10.1 Å². The van der Waals surface area contributed by atoms with Gasteiger partial charge in [0.15, 0.2) is 5.82 Å². The van der Waals surface area contributed by atoms with Crippen LogP contribution in [0.3, 0.4) is 0 Å². The molecule has 0 unspecified atom stereocenters. The van der Waals surface area contributed by atoms with Crippen LogP contribution in [0.5, 0.6) is 0 Å². The molecule has 0 radical (unpaired) electrons. The fraction of sp³-hybridized carbons (Fsp3) is 0.571. The fourth-order valence-electron chi connectivity index (χ4n) is 3.37. The van der Waals surface area contributed by atoms with Crippen LogP contribution < -0.4 is 16.0 Å². The second-order valence-corrected chi connectivity index (χ2v) is 8.79. The number of carbonyl (C=O) groups is 1. The van der Waals surface area contributed by atoms with Gasteiger partial charge in [-0.15, -0.1) is 0 Å². The molecule has 1 aliphatic heterocycles. The summed E-state index contributed by atoms with van der Waals surface area (Å²) in [5.41, 5.74) is 2.72. The molecule has 0 spiro atoms. The molecule has 0 aliphatic carbocycles. The highest BCUT2D eigenvalue weighted by atomic mass is 16.1. The number of rotatable bonds is 5. The molecule has 152 valence electrons. The van der Waals surface area contributed by atoms with E-state index in [2.05, 4.69) is 46.8 Å². The van der Waals surface area contributed by atoms with Gasteiger partial charge in [-0.25, -0.2) is 4.68 Å². The largest absolute Gasteiger partial charge is 0.384 e. The number of carbonyl (C=O) groups excluding carboxylic acids is 1. The first-order valence-corrected chi connectivity index (χ1v) is 10.0. The minimum Gasteiger partial charge on any atom is -0.384 e. The zero-order valence-corrected chi connectivity index (χ0v) is 17.6. The second-order valence-electron chi connectivity index (χ2n) is 8.79. The number of amides is 1. The van der Waals surface area contributed by atoms with E-state index in [4.69, 9.17) is 0 Å². The molecule has 0 atom stereocenters. The van der Waals surface area contributed by atoms with Crippen molar-refractivity contribution < 1.29 is 4.79 Å². The standard InChI is InChI=1S/C21H32N6O/c1-14-16(7-6-8-17(14)23-13-21(2,3)4)19(28)25-20-24-18(26-27(20)5)15-9-11-22-12-10-15/h6-8,15,22-23H,9-13H2,1-5H3,(H,24,25,26,28). The van der Waals surface area contributed by atoms with Gasteiger partial charge in [0, 0.05) is 30.8 Å². The maximum absolute atomic E-state index is 12.9. The van der Waals surface area contributed by atoms with Crippen molar-refractivity contribution in [3.8, 4) is 0 Å². The number of nitrogens with zero attached hydrogens (tertiary/aromatic N) is 3. The lowest BCUT2D eigenvalue weighted by Gasteiger charge is -2.21. The van der Waals surface area contributed by atoms with E-state index >= 15 is 0 Å². The molecule has 0 bridgehead atoms. The maximum atomic E-state index is 12.9. The van der Waals surface area contributed by atoms with Gasteiger partial charge >= 0.3 is 0 Å². The molecule has 1 amide bonds. The first-order chi connectivity index (χ1) is 13.2. The SMILES string of the molecule is Cc1c(NCC(C)(C)C)cccc1C(=O)Nc1nc(C2CCNCC2)nn1C. The second kappa shape index (κ2) is 8.31. The monoisotopic (exact) mass is 384 g/mol.